The summed E-state index contributed by atoms with van der Waals surface area (Å²) >= 11 is 0. The van der Waals surface area contributed by atoms with Crippen molar-refractivity contribution in [1.82, 2.24) is 0 Å². The summed E-state index contributed by atoms with van der Waals surface area (Å²) in [6.07, 6.45) is 2.83. The predicted molar refractivity (Wildman–Crippen MR) is 74.4 cm³/mol. The average molecular weight is 272 g/mol. The lowest BCUT2D eigenvalue weighted by Gasteiger charge is -2.03. The Balaban J connectivity index is 2.27. The highest BCUT2D eigenvalue weighted by Crippen LogP contribution is 2.21. The summed E-state index contributed by atoms with van der Waals surface area (Å²) in [6, 6.07) is 10.4. The van der Waals surface area contributed by atoms with Crippen LogP contribution in [0.3, 0.4) is 0 Å². The van der Waals surface area contributed by atoms with Gasteiger partial charge < -0.3 is 9.84 Å². The van der Waals surface area contributed by atoms with Crippen LogP contribution in [0.2, 0.25) is 0 Å². The van der Waals surface area contributed by atoms with Gasteiger partial charge in [-0.3, -0.25) is 4.79 Å². The third-order valence-electron chi connectivity index (χ3n) is 2.78. The van der Waals surface area contributed by atoms with E-state index >= 15 is 0 Å². The van der Waals surface area contributed by atoms with Gasteiger partial charge in [0.15, 0.2) is 5.78 Å². The molecule has 0 saturated carbocycles. The lowest BCUT2D eigenvalue weighted by molar-refractivity contribution is 0.104. The van der Waals surface area contributed by atoms with Crippen molar-refractivity contribution < 1.29 is 19.0 Å². The molecule has 0 fully saturated rings. The van der Waals surface area contributed by atoms with E-state index in [9.17, 15) is 14.3 Å². The summed E-state index contributed by atoms with van der Waals surface area (Å²) in [5.74, 6) is -0.675. The number of methoxy groups -OCH3 is 1. The number of allylic oxidation sites excluding steroid dienone is 1. The SMILES string of the molecule is COc1ccccc1C=CC(=O)c1cc(F)ccc1O. The van der Waals surface area contributed by atoms with E-state index in [1.165, 1.54) is 13.2 Å². The number of ketones is 1. The van der Waals surface area contributed by atoms with Crippen LogP contribution >= 0.6 is 0 Å². The standard InChI is InChI=1S/C16H13FO3/c1-20-16-5-3-2-4-11(16)6-8-14(18)13-10-12(17)7-9-15(13)19/h2-10,19H,1H3. The van der Waals surface area contributed by atoms with Crippen molar-refractivity contribution in [2.24, 2.45) is 0 Å². The fourth-order valence-corrected chi connectivity index (χ4v) is 1.76. The zero-order chi connectivity index (χ0) is 14.5. The first-order chi connectivity index (χ1) is 9.61. The van der Waals surface area contributed by atoms with Gasteiger partial charge in [-0.15, -0.1) is 0 Å². The molecule has 2 aromatic rings. The number of ether oxygens (including phenoxy) is 1. The zero-order valence-electron chi connectivity index (χ0n) is 10.8. The molecule has 20 heavy (non-hydrogen) atoms. The molecule has 1 N–H and O–H groups in total. The Morgan fingerprint density at radius 1 is 1.25 bits per heavy atom. The Labute approximate surface area is 115 Å². The van der Waals surface area contributed by atoms with Crippen molar-refractivity contribution in [3.8, 4) is 11.5 Å². The Hall–Kier alpha value is -2.62. The number of rotatable bonds is 4. The van der Waals surface area contributed by atoms with E-state index in [-0.39, 0.29) is 11.3 Å². The van der Waals surface area contributed by atoms with Gasteiger partial charge in [0.1, 0.15) is 17.3 Å². The molecule has 0 unspecified atom stereocenters. The summed E-state index contributed by atoms with van der Waals surface area (Å²) in [4.78, 5) is 11.9. The second kappa shape index (κ2) is 6.02. The molecule has 2 aromatic carbocycles. The molecule has 2 rings (SSSR count). The van der Waals surface area contributed by atoms with Crippen LogP contribution in [0.4, 0.5) is 4.39 Å². The van der Waals surface area contributed by atoms with Crippen molar-refractivity contribution in [1.29, 1.82) is 0 Å². The molecule has 0 aliphatic heterocycles. The molecule has 0 saturated heterocycles. The van der Waals surface area contributed by atoms with Crippen molar-refractivity contribution in [2.45, 2.75) is 0 Å². The number of phenolic OH excluding ortho intramolecular Hbond substituents is 1. The smallest absolute Gasteiger partial charge is 0.189 e. The molecular formula is C16H13FO3. The molecule has 0 heterocycles. The molecule has 0 bridgehead atoms. The first-order valence-electron chi connectivity index (χ1n) is 5.96. The highest BCUT2D eigenvalue weighted by molar-refractivity contribution is 6.08. The normalized spacial score (nSPS) is 10.7. The number of halogens is 1. The van der Waals surface area contributed by atoms with Crippen LogP contribution in [0.5, 0.6) is 11.5 Å². The maximum atomic E-state index is 13.1. The molecule has 0 radical (unpaired) electrons. The van der Waals surface area contributed by atoms with Crippen LogP contribution in [0, 0.1) is 5.82 Å². The van der Waals surface area contributed by atoms with Gasteiger partial charge in [-0.2, -0.15) is 0 Å². The Morgan fingerprint density at radius 2 is 2.00 bits per heavy atom. The number of carbonyl (C=O) groups is 1. The average Bonchev–Trinajstić information content (AvgIpc) is 2.47. The summed E-state index contributed by atoms with van der Waals surface area (Å²) < 4.78 is 18.2. The quantitative estimate of drug-likeness (QED) is 0.685. The van der Waals surface area contributed by atoms with Crippen LogP contribution in [-0.4, -0.2) is 18.0 Å². The van der Waals surface area contributed by atoms with E-state index in [0.717, 1.165) is 23.8 Å². The van der Waals surface area contributed by atoms with Crippen LogP contribution in [-0.2, 0) is 0 Å². The molecule has 0 atom stereocenters. The van der Waals surface area contributed by atoms with E-state index in [4.69, 9.17) is 4.74 Å². The Kier molecular flexibility index (Phi) is 4.15. The third kappa shape index (κ3) is 3.03. The number of hydrogen-bond donors (Lipinski definition) is 1. The van der Waals surface area contributed by atoms with Crippen molar-refractivity contribution in [3.63, 3.8) is 0 Å². The number of phenols is 1. The van der Waals surface area contributed by atoms with Gasteiger partial charge in [-0.25, -0.2) is 4.39 Å². The minimum Gasteiger partial charge on any atom is -0.507 e. The molecule has 102 valence electrons. The van der Waals surface area contributed by atoms with E-state index in [2.05, 4.69) is 0 Å². The molecule has 0 aromatic heterocycles. The number of hydrogen-bond acceptors (Lipinski definition) is 3. The van der Waals surface area contributed by atoms with Gasteiger partial charge in [0, 0.05) is 5.56 Å². The number of para-hydroxylation sites is 1. The molecule has 3 nitrogen and oxygen atoms in total. The molecule has 0 spiro atoms. The van der Waals surface area contributed by atoms with Crippen molar-refractivity contribution >= 4 is 11.9 Å². The summed E-state index contributed by atoms with van der Waals surface area (Å²) in [5.41, 5.74) is 0.649. The van der Waals surface area contributed by atoms with Crippen LogP contribution < -0.4 is 4.74 Å². The Bertz CT molecular complexity index is 663. The van der Waals surface area contributed by atoms with E-state index in [1.54, 1.807) is 18.2 Å². The van der Waals surface area contributed by atoms with E-state index in [0.29, 0.717) is 5.75 Å². The lowest BCUT2D eigenvalue weighted by atomic mass is 10.1. The number of aromatic hydroxyl groups is 1. The Morgan fingerprint density at radius 3 is 2.75 bits per heavy atom. The lowest BCUT2D eigenvalue weighted by Crippen LogP contribution is -1.96. The highest BCUT2D eigenvalue weighted by atomic mass is 19.1. The third-order valence-corrected chi connectivity index (χ3v) is 2.78. The molecule has 0 amide bonds. The first kappa shape index (κ1) is 13.8. The summed E-state index contributed by atoms with van der Waals surface area (Å²) in [6.45, 7) is 0. The second-order valence-electron chi connectivity index (χ2n) is 4.10. The maximum Gasteiger partial charge on any atom is 0.189 e. The van der Waals surface area contributed by atoms with Gasteiger partial charge in [-0.05, 0) is 36.4 Å². The van der Waals surface area contributed by atoms with E-state index in [1.807, 2.05) is 12.1 Å². The predicted octanol–water partition coefficient (Wildman–Crippen LogP) is 3.44. The first-order valence-corrected chi connectivity index (χ1v) is 5.96. The van der Waals surface area contributed by atoms with Gasteiger partial charge in [-0.1, -0.05) is 18.2 Å². The zero-order valence-corrected chi connectivity index (χ0v) is 10.8. The fraction of sp³-hybridized carbons (Fsp3) is 0.0625. The van der Waals surface area contributed by atoms with Crippen molar-refractivity contribution in [2.75, 3.05) is 7.11 Å². The van der Waals surface area contributed by atoms with Crippen LogP contribution in [0.1, 0.15) is 15.9 Å². The van der Waals surface area contributed by atoms with Gasteiger partial charge >= 0.3 is 0 Å². The van der Waals surface area contributed by atoms with E-state index < -0.39 is 11.6 Å². The molecule has 4 heteroatoms. The summed E-state index contributed by atoms with van der Waals surface area (Å²) in [7, 11) is 1.53. The molecule has 0 aliphatic rings. The monoisotopic (exact) mass is 272 g/mol. The minimum atomic E-state index is -0.572. The molecule has 0 aliphatic carbocycles. The second-order valence-corrected chi connectivity index (χ2v) is 4.10. The van der Waals surface area contributed by atoms with Gasteiger partial charge in [0.2, 0.25) is 0 Å². The van der Waals surface area contributed by atoms with Crippen molar-refractivity contribution in [3.05, 3.63) is 65.5 Å². The number of benzene rings is 2. The fourth-order valence-electron chi connectivity index (χ4n) is 1.76. The minimum absolute atomic E-state index is 0.0730. The van der Waals surface area contributed by atoms with Crippen LogP contribution in [0.25, 0.3) is 6.08 Å². The van der Waals surface area contributed by atoms with Gasteiger partial charge in [0.25, 0.3) is 0 Å². The van der Waals surface area contributed by atoms with Gasteiger partial charge in [0.05, 0.1) is 12.7 Å². The topological polar surface area (TPSA) is 46.5 Å². The number of carbonyl (C=O) groups excluding carboxylic acids is 1. The maximum absolute atomic E-state index is 13.1. The summed E-state index contributed by atoms with van der Waals surface area (Å²) in [5, 5.41) is 9.56. The van der Waals surface area contributed by atoms with Crippen LogP contribution in [0.15, 0.2) is 48.5 Å². The largest absolute Gasteiger partial charge is 0.507 e. The highest BCUT2D eigenvalue weighted by Gasteiger charge is 2.09. The molecular weight excluding hydrogens is 259 g/mol.